The van der Waals surface area contributed by atoms with Gasteiger partial charge in [0.05, 0.1) is 6.04 Å². The van der Waals surface area contributed by atoms with Gasteiger partial charge >= 0.3 is 5.97 Å². The highest BCUT2D eigenvalue weighted by Crippen LogP contribution is 2.29. The molecule has 0 unspecified atom stereocenters. The van der Waals surface area contributed by atoms with Gasteiger partial charge in [-0.05, 0) is 53.5 Å². The number of nitrogens with one attached hydrogen (secondary N) is 1. The van der Waals surface area contributed by atoms with Crippen LogP contribution in [-0.4, -0.2) is 25.1 Å². The van der Waals surface area contributed by atoms with Crippen LogP contribution in [0.4, 0.5) is 0 Å². The van der Waals surface area contributed by atoms with Crippen molar-refractivity contribution >= 4 is 11.9 Å². The lowest BCUT2D eigenvalue weighted by molar-refractivity contribution is -0.150. The van der Waals surface area contributed by atoms with Crippen molar-refractivity contribution in [3.8, 4) is 5.75 Å². The molecule has 0 aromatic heterocycles. The quantitative estimate of drug-likeness (QED) is 0.748. The lowest BCUT2D eigenvalue weighted by Crippen LogP contribution is -2.34. The lowest BCUT2D eigenvalue weighted by Gasteiger charge is -2.26. The molecule has 2 aromatic rings. The minimum absolute atomic E-state index is 0.0243. The highest BCUT2D eigenvalue weighted by molar-refractivity contribution is 5.81. The zero-order valence-electron chi connectivity index (χ0n) is 17.4. The van der Waals surface area contributed by atoms with E-state index in [9.17, 15) is 9.59 Å². The molecule has 0 aliphatic heterocycles. The smallest absolute Gasteiger partial charge is 0.344 e. The first-order valence-electron chi connectivity index (χ1n) is 10.1. The maximum Gasteiger partial charge on any atom is 0.344 e. The molecule has 1 atom stereocenters. The first-order chi connectivity index (χ1) is 13.8. The summed E-state index contributed by atoms with van der Waals surface area (Å²) in [6.45, 7) is 5.88. The van der Waals surface area contributed by atoms with Crippen LogP contribution in [0.5, 0.6) is 5.75 Å². The molecule has 0 spiro atoms. The predicted molar refractivity (Wildman–Crippen MR) is 112 cm³/mol. The average Bonchev–Trinajstić information content (AvgIpc) is 2.71. The molecule has 29 heavy (non-hydrogen) atoms. The Morgan fingerprint density at radius 3 is 2.48 bits per heavy atom. The average molecular weight is 395 g/mol. The normalized spacial score (nSPS) is 15.9. The highest BCUT2D eigenvalue weighted by Gasteiger charge is 2.21. The predicted octanol–water partition coefficient (Wildman–Crippen LogP) is 4.10. The Morgan fingerprint density at radius 1 is 1.03 bits per heavy atom. The van der Waals surface area contributed by atoms with Crippen molar-refractivity contribution in [2.45, 2.75) is 51.5 Å². The van der Waals surface area contributed by atoms with Crippen LogP contribution >= 0.6 is 0 Å². The van der Waals surface area contributed by atoms with Crippen LogP contribution in [0.15, 0.2) is 48.5 Å². The van der Waals surface area contributed by atoms with E-state index >= 15 is 0 Å². The van der Waals surface area contributed by atoms with E-state index in [2.05, 4.69) is 32.2 Å². The minimum Gasteiger partial charge on any atom is -0.482 e. The number of carbonyl (C=O) groups excluding carboxylic acids is 2. The van der Waals surface area contributed by atoms with Gasteiger partial charge in [-0.2, -0.15) is 0 Å². The van der Waals surface area contributed by atoms with Crippen LogP contribution in [-0.2, 0) is 26.2 Å². The fourth-order valence-electron chi connectivity index (χ4n) is 3.52. The largest absolute Gasteiger partial charge is 0.482 e. The van der Waals surface area contributed by atoms with Gasteiger partial charge in [-0.15, -0.1) is 0 Å². The van der Waals surface area contributed by atoms with Crippen molar-refractivity contribution < 1.29 is 19.1 Å². The standard InChI is InChI=1S/C24H29NO4/c1-24(2,3)18-11-13-19(14-12-18)28-16-23(27)29-15-22(26)25-21-10-6-8-17-7-4-5-9-20(17)21/h4-5,7,9,11-14,21H,6,8,10,15-16H2,1-3H3,(H,25,26)/t21-/m0/s1. The molecule has 0 heterocycles. The summed E-state index contributed by atoms with van der Waals surface area (Å²) in [6.07, 6.45) is 2.96. The van der Waals surface area contributed by atoms with E-state index in [-0.39, 0.29) is 30.6 Å². The summed E-state index contributed by atoms with van der Waals surface area (Å²) < 4.78 is 10.5. The number of rotatable bonds is 6. The van der Waals surface area contributed by atoms with Crippen molar-refractivity contribution in [1.82, 2.24) is 5.32 Å². The van der Waals surface area contributed by atoms with Gasteiger partial charge in [0.1, 0.15) is 5.75 Å². The van der Waals surface area contributed by atoms with Crippen LogP contribution in [0.1, 0.15) is 56.3 Å². The molecule has 0 saturated heterocycles. The molecule has 1 aliphatic rings. The monoisotopic (exact) mass is 395 g/mol. The van der Waals surface area contributed by atoms with Crippen molar-refractivity contribution in [3.63, 3.8) is 0 Å². The number of ether oxygens (including phenoxy) is 2. The Labute approximate surface area is 172 Å². The molecule has 1 amide bonds. The van der Waals surface area contributed by atoms with E-state index in [4.69, 9.17) is 9.47 Å². The SMILES string of the molecule is CC(C)(C)c1ccc(OCC(=O)OCC(=O)N[C@H]2CCCc3ccccc32)cc1. The van der Waals surface area contributed by atoms with Crippen LogP contribution in [0.25, 0.3) is 0 Å². The third-order valence-corrected chi connectivity index (χ3v) is 5.15. The fraction of sp³-hybridized carbons (Fsp3) is 0.417. The zero-order chi connectivity index (χ0) is 20.9. The number of hydrogen-bond donors (Lipinski definition) is 1. The van der Waals surface area contributed by atoms with Gasteiger partial charge in [0.2, 0.25) is 0 Å². The fourth-order valence-corrected chi connectivity index (χ4v) is 3.52. The second-order valence-electron chi connectivity index (χ2n) is 8.43. The molecule has 5 nitrogen and oxygen atoms in total. The summed E-state index contributed by atoms with van der Waals surface area (Å²) >= 11 is 0. The van der Waals surface area contributed by atoms with Crippen LogP contribution in [0, 0.1) is 0 Å². The highest BCUT2D eigenvalue weighted by atomic mass is 16.6. The van der Waals surface area contributed by atoms with Gasteiger partial charge in [-0.25, -0.2) is 4.79 Å². The van der Waals surface area contributed by atoms with Crippen molar-refractivity contribution in [2.24, 2.45) is 0 Å². The molecule has 2 aromatic carbocycles. The van der Waals surface area contributed by atoms with E-state index in [1.54, 1.807) is 0 Å². The second-order valence-corrected chi connectivity index (χ2v) is 8.43. The third kappa shape index (κ3) is 5.83. The van der Waals surface area contributed by atoms with E-state index in [0.717, 1.165) is 24.8 Å². The summed E-state index contributed by atoms with van der Waals surface area (Å²) in [6, 6.07) is 15.7. The number of aryl methyl sites for hydroxylation is 1. The Hall–Kier alpha value is -2.82. The summed E-state index contributed by atoms with van der Waals surface area (Å²) in [4.78, 5) is 24.1. The first kappa shape index (κ1) is 20.9. The molecule has 154 valence electrons. The minimum atomic E-state index is -0.566. The molecule has 5 heteroatoms. The van der Waals surface area contributed by atoms with Gasteiger partial charge in [-0.1, -0.05) is 57.2 Å². The Kier molecular flexibility index (Phi) is 6.57. The summed E-state index contributed by atoms with van der Waals surface area (Å²) in [7, 11) is 0. The summed E-state index contributed by atoms with van der Waals surface area (Å²) in [5.41, 5.74) is 3.67. The molecular weight excluding hydrogens is 366 g/mol. The maximum absolute atomic E-state index is 12.2. The molecule has 0 saturated carbocycles. The van der Waals surface area contributed by atoms with E-state index in [1.807, 2.05) is 42.5 Å². The van der Waals surface area contributed by atoms with Crippen LogP contribution < -0.4 is 10.1 Å². The van der Waals surface area contributed by atoms with Gasteiger partial charge in [0, 0.05) is 0 Å². The summed E-state index contributed by atoms with van der Waals surface area (Å²) in [5.74, 6) is -0.267. The van der Waals surface area contributed by atoms with Crippen molar-refractivity contribution in [1.29, 1.82) is 0 Å². The van der Waals surface area contributed by atoms with E-state index in [0.29, 0.717) is 5.75 Å². The Balaban J connectivity index is 1.42. The number of fused-ring (bicyclic) bond motifs is 1. The zero-order valence-corrected chi connectivity index (χ0v) is 17.4. The van der Waals surface area contributed by atoms with E-state index < -0.39 is 5.97 Å². The molecule has 0 fully saturated rings. The second kappa shape index (κ2) is 9.12. The number of hydrogen-bond acceptors (Lipinski definition) is 4. The number of esters is 1. The maximum atomic E-state index is 12.2. The molecule has 3 rings (SSSR count). The molecular formula is C24H29NO4. The van der Waals surface area contributed by atoms with Crippen LogP contribution in [0.2, 0.25) is 0 Å². The Morgan fingerprint density at radius 2 is 1.76 bits per heavy atom. The van der Waals surface area contributed by atoms with Crippen molar-refractivity contribution in [2.75, 3.05) is 13.2 Å². The van der Waals surface area contributed by atoms with Gasteiger partial charge in [0.15, 0.2) is 13.2 Å². The van der Waals surface area contributed by atoms with Gasteiger partial charge in [0.25, 0.3) is 5.91 Å². The number of carbonyl (C=O) groups is 2. The molecule has 0 bridgehead atoms. The topological polar surface area (TPSA) is 64.6 Å². The Bertz CT molecular complexity index is 852. The molecule has 0 radical (unpaired) electrons. The number of benzene rings is 2. The van der Waals surface area contributed by atoms with E-state index in [1.165, 1.54) is 11.1 Å². The third-order valence-electron chi connectivity index (χ3n) is 5.15. The summed E-state index contributed by atoms with van der Waals surface area (Å²) in [5, 5.41) is 2.97. The van der Waals surface area contributed by atoms with Gasteiger partial charge in [-0.3, -0.25) is 4.79 Å². The van der Waals surface area contributed by atoms with Gasteiger partial charge < -0.3 is 14.8 Å². The molecule has 1 aliphatic carbocycles. The van der Waals surface area contributed by atoms with Crippen LogP contribution in [0.3, 0.4) is 0 Å². The number of amides is 1. The molecule has 1 N–H and O–H groups in total. The first-order valence-corrected chi connectivity index (χ1v) is 10.1. The lowest BCUT2D eigenvalue weighted by atomic mass is 9.87. The van der Waals surface area contributed by atoms with Crippen molar-refractivity contribution in [3.05, 3.63) is 65.2 Å².